The normalized spacial score (nSPS) is 11.2. The highest BCUT2D eigenvalue weighted by atomic mass is 32.2. The molecule has 4 aromatic carbocycles. The first-order chi connectivity index (χ1) is 14.5. The number of para-hydroxylation sites is 1. The third kappa shape index (κ3) is 3.77. The van der Waals surface area contributed by atoms with Gasteiger partial charge in [-0.25, -0.2) is 13.2 Å². The zero-order chi connectivity index (χ0) is 21.1. The van der Waals surface area contributed by atoms with Crippen molar-refractivity contribution in [2.75, 3.05) is 11.4 Å². The van der Waals surface area contributed by atoms with Crippen LogP contribution in [0.3, 0.4) is 0 Å². The zero-order valence-electron chi connectivity index (χ0n) is 16.2. The molecule has 0 N–H and O–H groups in total. The molecule has 5 nitrogen and oxygen atoms in total. The Morgan fingerprint density at radius 1 is 0.767 bits per heavy atom. The molecule has 0 saturated heterocycles. The van der Waals surface area contributed by atoms with Crippen LogP contribution < -0.4 is 9.04 Å². The van der Waals surface area contributed by atoms with E-state index in [4.69, 9.17) is 4.74 Å². The number of anilines is 1. The van der Waals surface area contributed by atoms with E-state index in [-0.39, 0.29) is 10.5 Å². The minimum Gasteiger partial charge on any atom is -0.422 e. The van der Waals surface area contributed by atoms with Crippen LogP contribution in [0.2, 0.25) is 0 Å². The summed E-state index contributed by atoms with van der Waals surface area (Å²) in [4.78, 5) is 12.7. The molecule has 0 amide bonds. The van der Waals surface area contributed by atoms with Crippen molar-refractivity contribution in [3.63, 3.8) is 0 Å². The summed E-state index contributed by atoms with van der Waals surface area (Å²) in [6.07, 6.45) is 0. The number of carbonyl (C=O) groups is 1. The van der Waals surface area contributed by atoms with Gasteiger partial charge in [-0.05, 0) is 47.9 Å². The van der Waals surface area contributed by atoms with Crippen LogP contribution in [0.5, 0.6) is 5.75 Å². The van der Waals surface area contributed by atoms with Crippen LogP contribution in [0.4, 0.5) is 5.69 Å². The number of ether oxygens (including phenoxy) is 1. The van der Waals surface area contributed by atoms with Crippen LogP contribution in [0.15, 0.2) is 102 Å². The van der Waals surface area contributed by atoms with E-state index < -0.39 is 16.0 Å². The average Bonchev–Trinajstić information content (AvgIpc) is 2.79. The lowest BCUT2D eigenvalue weighted by Crippen LogP contribution is -2.26. The Kier molecular flexibility index (Phi) is 5.25. The van der Waals surface area contributed by atoms with Crippen molar-refractivity contribution in [1.82, 2.24) is 0 Å². The fraction of sp³-hybridized carbons (Fsp3) is 0.0417. The molecule has 0 unspecified atom stereocenters. The van der Waals surface area contributed by atoms with E-state index in [0.717, 1.165) is 10.8 Å². The van der Waals surface area contributed by atoms with Crippen LogP contribution in [0.1, 0.15) is 10.4 Å². The van der Waals surface area contributed by atoms with E-state index >= 15 is 0 Å². The number of nitrogens with zero attached hydrogens (tertiary/aromatic N) is 1. The van der Waals surface area contributed by atoms with Gasteiger partial charge in [-0.3, -0.25) is 4.31 Å². The molecule has 4 aromatic rings. The first-order valence-electron chi connectivity index (χ1n) is 9.31. The summed E-state index contributed by atoms with van der Waals surface area (Å²) < 4.78 is 32.5. The Balaban J connectivity index is 1.56. The van der Waals surface area contributed by atoms with Crippen molar-refractivity contribution in [2.24, 2.45) is 0 Å². The highest BCUT2D eigenvalue weighted by Crippen LogP contribution is 2.26. The van der Waals surface area contributed by atoms with Gasteiger partial charge >= 0.3 is 5.97 Å². The van der Waals surface area contributed by atoms with E-state index in [1.165, 1.54) is 35.6 Å². The molecular formula is C24H19NO4S. The van der Waals surface area contributed by atoms with Gasteiger partial charge in [0.05, 0.1) is 16.1 Å². The predicted molar refractivity (Wildman–Crippen MR) is 117 cm³/mol. The molecule has 0 radical (unpaired) electrons. The number of fused-ring (bicyclic) bond motifs is 1. The average molecular weight is 417 g/mol. The second-order valence-corrected chi connectivity index (χ2v) is 8.67. The monoisotopic (exact) mass is 417 g/mol. The highest BCUT2D eigenvalue weighted by molar-refractivity contribution is 7.92. The third-order valence-electron chi connectivity index (χ3n) is 4.82. The number of benzene rings is 4. The van der Waals surface area contributed by atoms with Crippen LogP contribution >= 0.6 is 0 Å². The summed E-state index contributed by atoms with van der Waals surface area (Å²) in [6.45, 7) is 0. The lowest BCUT2D eigenvalue weighted by molar-refractivity contribution is 0.0737. The molecular weight excluding hydrogens is 398 g/mol. The second-order valence-electron chi connectivity index (χ2n) is 6.70. The quantitative estimate of drug-likeness (QED) is 0.343. The highest BCUT2D eigenvalue weighted by Gasteiger charge is 2.22. The maximum absolute atomic E-state index is 12.9. The number of sulfonamides is 1. The molecule has 6 heteroatoms. The van der Waals surface area contributed by atoms with E-state index in [9.17, 15) is 13.2 Å². The van der Waals surface area contributed by atoms with Gasteiger partial charge in [0.1, 0.15) is 5.75 Å². The van der Waals surface area contributed by atoms with Crippen molar-refractivity contribution in [3.8, 4) is 5.75 Å². The summed E-state index contributed by atoms with van der Waals surface area (Å²) in [5.41, 5.74) is 0.821. The topological polar surface area (TPSA) is 63.7 Å². The Morgan fingerprint density at radius 2 is 1.40 bits per heavy atom. The van der Waals surface area contributed by atoms with Crippen LogP contribution in [0, 0.1) is 0 Å². The Bertz CT molecular complexity index is 1290. The molecule has 0 aliphatic heterocycles. The number of esters is 1. The van der Waals surface area contributed by atoms with Gasteiger partial charge in [0, 0.05) is 12.4 Å². The van der Waals surface area contributed by atoms with E-state index in [1.807, 2.05) is 42.5 Å². The smallest absolute Gasteiger partial charge is 0.343 e. The van der Waals surface area contributed by atoms with Gasteiger partial charge in [0.25, 0.3) is 10.0 Å². The maximum Gasteiger partial charge on any atom is 0.343 e. The molecule has 150 valence electrons. The van der Waals surface area contributed by atoms with Crippen LogP contribution in [-0.2, 0) is 10.0 Å². The van der Waals surface area contributed by atoms with Gasteiger partial charge in [0.15, 0.2) is 0 Å². The molecule has 0 saturated carbocycles. The largest absolute Gasteiger partial charge is 0.422 e. The molecule has 0 aliphatic carbocycles. The van der Waals surface area contributed by atoms with Crippen molar-refractivity contribution in [3.05, 3.63) is 103 Å². The summed E-state index contributed by atoms with van der Waals surface area (Å²) in [7, 11) is -2.25. The Morgan fingerprint density at radius 3 is 2.13 bits per heavy atom. The summed E-state index contributed by atoms with van der Waals surface area (Å²) in [5, 5.41) is 1.80. The van der Waals surface area contributed by atoms with Crippen molar-refractivity contribution in [2.45, 2.75) is 4.90 Å². The van der Waals surface area contributed by atoms with Crippen molar-refractivity contribution in [1.29, 1.82) is 0 Å². The molecule has 0 spiro atoms. The molecule has 0 aliphatic rings. The first-order valence-corrected chi connectivity index (χ1v) is 10.7. The number of hydrogen-bond donors (Lipinski definition) is 0. The summed E-state index contributed by atoms with van der Waals surface area (Å²) in [6, 6.07) is 27.6. The standard InChI is InChI=1S/C24H19NO4S/c1-25(20-10-3-2-4-11-20)30(27,28)21-16-14-19(15-17-21)24(26)29-23-13-7-9-18-8-5-6-12-22(18)23/h2-17H,1H3. The predicted octanol–water partition coefficient (Wildman–Crippen LogP) is 4.88. The van der Waals surface area contributed by atoms with Crippen LogP contribution in [0.25, 0.3) is 10.8 Å². The van der Waals surface area contributed by atoms with Gasteiger partial charge in [-0.15, -0.1) is 0 Å². The minimum atomic E-state index is -3.74. The molecule has 0 fully saturated rings. The minimum absolute atomic E-state index is 0.0931. The fourth-order valence-electron chi connectivity index (χ4n) is 3.14. The number of hydrogen-bond acceptors (Lipinski definition) is 4. The van der Waals surface area contributed by atoms with Gasteiger partial charge in [0.2, 0.25) is 0 Å². The lowest BCUT2D eigenvalue weighted by Gasteiger charge is -2.19. The van der Waals surface area contributed by atoms with Crippen molar-refractivity contribution < 1.29 is 17.9 Å². The van der Waals surface area contributed by atoms with Gasteiger partial charge < -0.3 is 4.74 Å². The van der Waals surface area contributed by atoms with Crippen LogP contribution in [-0.4, -0.2) is 21.4 Å². The molecule has 0 aromatic heterocycles. The Labute approximate surface area is 175 Å². The summed E-state index contributed by atoms with van der Waals surface area (Å²) in [5.74, 6) is -0.0923. The molecule has 30 heavy (non-hydrogen) atoms. The van der Waals surface area contributed by atoms with E-state index in [2.05, 4.69) is 0 Å². The molecule has 0 bridgehead atoms. The molecule has 0 atom stereocenters. The van der Waals surface area contributed by atoms with E-state index in [1.54, 1.807) is 30.3 Å². The van der Waals surface area contributed by atoms with Gasteiger partial charge in [-0.1, -0.05) is 54.6 Å². The molecule has 0 heterocycles. The van der Waals surface area contributed by atoms with E-state index in [0.29, 0.717) is 11.4 Å². The van der Waals surface area contributed by atoms with Crippen molar-refractivity contribution >= 4 is 32.5 Å². The second kappa shape index (κ2) is 8.00. The SMILES string of the molecule is CN(c1ccccc1)S(=O)(=O)c1ccc(C(=O)Oc2cccc3ccccc23)cc1. The number of carbonyl (C=O) groups excluding carboxylic acids is 1. The number of rotatable bonds is 5. The fourth-order valence-corrected chi connectivity index (χ4v) is 4.34. The molecule has 4 rings (SSSR count). The Hall–Kier alpha value is -3.64. The first kappa shape index (κ1) is 19.7. The van der Waals surface area contributed by atoms with Gasteiger partial charge in [-0.2, -0.15) is 0 Å². The third-order valence-corrected chi connectivity index (χ3v) is 6.62. The maximum atomic E-state index is 12.9. The zero-order valence-corrected chi connectivity index (χ0v) is 17.0. The summed E-state index contributed by atoms with van der Waals surface area (Å²) >= 11 is 0. The lowest BCUT2D eigenvalue weighted by atomic mass is 10.1.